The van der Waals surface area contributed by atoms with E-state index in [2.05, 4.69) is 22.2 Å². The van der Waals surface area contributed by atoms with E-state index in [1.807, 2.05) is 18.2 Å². The quantitative estimate of drug-likeness (QED) is 0.930. The molecule has 1 aromatic heterocycles. The van der Waals surface area contributed by atoms with Crippen molar-refractivity contribution in [2.75, 3.05) is 12.4 Å². The Morgan fingerprint density at radius 1 is 1.23 bits per heavy atom. The zero-order chi connectivity index (χ0) is 15.1. The second-order valence-electron chi connectivity index (χ2n) is 6.88. The standard InChI is InChI=1S/C18H23N3O/c1-11(15-8-12-3-4-13(15)7-12)21-18-16-9-14(22-2)5-6-17(16)19-10-20-18/h5-6,9-13,15H,3-4,7-8H2,1-2H3,(H,19,20,21). The lowest BCUT2D eigenvalue weighted by Crippen LogP contribution is -2.30. The van der Waals surface area contributed by atoms with Crippen LogP contribution in [0.5, 0.6) is 5.75 Å². The van der Waals surface area contributed by atoms with Crippen molar-refractivity contribution in [2.24, 2.45) is 17.8 Å². The molecule has 4 nitrogen and oxygen atoms in total. The van der Waals surface area contributed by atoms with E-state index in [9.17, 15) is 0 Å². The van der Waals surface area contributed by atoms with Crippen LogP contribution >= 0.6 is 0 Å². The molecule has 0 radical (unpaired) electrons. The summed E-state index contributed by atoms with van der Waals surface area (Å²) in [5.74, 6) is 4.45. The van der Waals surface area contributed by atoms with Gasteiger partial charge in [-0.05, 0) is 62.1 Å². The molecule has 0 aliphatic heterocycles. The van der Waals surface area contributed by atoms with E-state index < -0.39 is 0 Å². The predicted molar refractivity (Wildman–Crippen MR) is 88.1 cm³/mol. The number of ether oxygens (including phenoxy) is 1. The third-order valence-corrected chi connectivity index (χ3v) is 5.64. The summed E-state index contributed by atoms with van der Waals surface area (Å²) in [5, 5.41) is 4.70. The zero-order valence-corrected chi connectivity index (χ0v) is 13.2. The van der Waals surface area contributed by atoms with Gasteiger partial charge in [0.2, 0.25) is 0 Å². The molecule has 2 fully saturated rings. The first-order valence-electron chi connectivity index (χ1n) is 8.30. The number of rotatable bonds is 4. The molecule has 4 heteroatoms. The molecule has 0 spiro atoms. The number of hydrogen-bond donors (Lipinski definition) is 1. The highest BCUT2D eigenvalue weighted by Gasteiger charge is 2.41. The average molecular weight is 297 g/mol. The fourth-order valence-corrected chi connectivity index (χ4v) is 4.51. The molecule has 4 atom stereocenters. The predicted octanol–water partition coefficient (Wildman–Crippen LogP) is 3.88. The van der Waals surface area contributed by atoms with Gasteiger partial charge in [0.1, 0.15) is 17.9 Å². The molecule has 1 heterocycles. The monoisotopic (exact) mass is 297 g/mol. The molecule has 2 bridgehead atoms. The smallest absolute Gasteiger partial charge is 0.137 e. The topological polar surface area (TPSA) is 47.0 Å². The van der Waals surface area contributed by atoms with Gasteiger partial charge >= 0.3 is 0 Å². The van der Waals surface area contributed by atoms with Crippen molar-refractivity contribution in [3.63, 3.8) is 0 Å². The van der Waals surface area contributed by atoms with Gasteiger partial charge in [0, 0.05) is 11.4 Å². The molecule has 2 aromatic rings. The Kier molecular flexibility index (Phi) is 3.40. The number of anilines is 1. The van der Waals surface area contributed by atoms with Crippen LogP contribution in [0.1, 0.15) is 32.6 Å². The number of fused-ring (bicyclic) bond motifs is 3. The van der Waals surface area contributed by atoms with Crippen molar-refractivity contribution in [3.8, 4) is 5.75 Å². The Balaban J connectivity index is 1.60. The molecule has 2 aliphatic rings. The Labute approximate surface area is 131 Å². The first-order valence-corrected chi connectivity index (χ1v) is 8.30. The minimum Gasteiger partial charge on any atom is -0.497 e. The Hall–Kier alpha value is -1.84. The fraction of sp³-hybridized carbons (Fsp3) is 0.556. The Bertz CT molecular complexity index is 687. The number of nitrogens with zero attached hydrogens (tertiary/aromatic N) is 2. The molecule has 4 unspecified atom stereocenters. The van der Waals surface area contributed by atoms with Crippen molar-refractivity contribution in [1.29, 1.82) is 0 Å². The number of nitrogens with one attached hydrogen (secondary N) is 1. The van der Waals surface area contributed by atoms with E-state index in [1.54, 1.807) is 13.4 Å². The highest BCUT2D eigenvalue weighted by molar-refractivity contribution is 5.90. The van der Waals surface area contributed by atoms with Crippen LogP contribution in [0.3, 0.4) is 0 Å². The van der Waals surface area contributed by atoms with E-state index in [1.165, 1.54) is 25.7 Å². The minimum atomic E-state index is 0.458. The van der Waals surface area contributed by atoms with Gasteiger partial charge in [0.05, 0.1) is 12.6 Å². The molecule has 1 N–H and O–H groups in total. The molecule has 22 heavy (non-hydrogen) atoms. The maximum absolute atomic E-state index is 5.34. The summed E-state index contributed by atoms with van der Waals surface area (Å²) in [7, 11) is 1.69. The fourth-order valence-electron chi connectivity index (χ4n) is 4.51. The van der Waals surface area contributed by atoms with E-state index in [4.69, 9.17) is 4.74 Å². The number of benzene rings is 1. The molecular formula is C18H23N3O. The van der Waals surface area contributed by atoms with Crippen LogP contribution in [-0.4, -0.2) is 23.1 Å². The van der Waals surface area contributed by atoms with E-state index >= 15 is 0 Å². The molecule has 0 saturated heterocycles. The third kappa shape index (κ3) is 2.31. The summed E-state index contributed by atoms with van der Waals surface area (Å²) >= 11 is 0. The largest absolute Gasteiger partial charge is 0.497 e. The van der Waals surface area contributed by atoms with Crippen molar-refractivity contribution in [3.05, 3.63) is 24.5 Å². The van der Waals surface area contributed by atoms with Gasteiger partial charge in [-0.2, -0.15) is 0 Å². The molecule has 0 amide bonds. The van der Waals surface area contributed by atoms with Gasteiger partial charge in [0.25, 0.3) is 0 Å². The average Bonchev–Trinajstić information content (AvgIpc) is 3.18. The molecular weight excluding hydrogens is 274 g/mol. The highest BCUT2D eigenvalue weighted by atomic mass is 16.5. The van der Waals surface area contributed by atoms with E-state index in [0.717, 1.165) is 40.2 Å². The number of methoxy groups -OCH3 is 1. The van der Waals surface area contributed by atoms with Crippen LogP contribution in [0.2, 0.25) is 0 Å². The van der Waals surface area contributed by atoms with Crippen molar-refractivity contribution in [1.82, 2.24) is 9.97 Å². The van der Waals surface area contributed by atoms with Crippen LogP contribution in [0.15, 0.2) is 24.5 Å². The van der Waals surface area contributed by atoms with Gasteiger partial charge in [0.15, 0.2) is 0 Å². The van der Waals surface area contributed by atoms with Crippen LogP contribution in [0.4, 0.5) is 5.82 Å². The van der Waals surface area contributed by atoms with Gasteiger partial charge in [-0.25, -0.2) is 9.97 Å². The van der Waals surface area contributed by atoms with Crippen LogP contribution in [0.25, 0.3) is 10.9 Å². The second-order valence-corrected chi connectivity index (χ2v) is 6.88. The molecule has 116 valence electrons. The van der Waals surface area contributed by atoms with Crippen molar-refractivity contribution < 1.29 is 4.74 Å². The third-order valence-electron chi connectivity index (χ3n) is 5.64. The van der Waals surface area contributed by atoms with Crippen LogP contribution < -0.4 is 10.1 Å². The Morgan fingerprint density at radius 2 is 2.14 bits per heavy atom. The lowest BCUT2D eigenvalue weighted by Gasteiger charge is -2.29. The summed E-state index contributed by atoms with van der Waals surface area (Å²) in [6.45, 7) is 2.31. The maximum Gasteiger partial charge on any atom is 0.137 e. The summed E-state index contributed by atoms with van der Waals surface area (Å²) in [4.78, 5) is 8.83. The first-order chi connectivity index (χ1) is 10.7. The van der Waals surface area contributed by atoms with E-state index in [-0.39, 0.29) is 0 Å². The highest BCUT2D eigenvalue weighted by Crippen LogP contribution is 2.49. The number of aromatic nitrogens is 2. The first kappa shape index (κ1) is 13.8. The van der Waals surface area contributed by atoms with Gasteiger partial charge in [-0.1, -0.05) is 6.42 Å². The molecule has 2 aliphatic carbocycles. The van der Waals surface area contributed by atoms with Gasteiger partial charge in [-0.15, -0.1) is 0 Å². The van der Waals surface area contributed by atoms with Crippen molar-refractivity contribution in [2.45, 2.75) is 38.6 Å². The van der Waals surface area contributed by atoms with E-state index in [0.29, 0.717) is 6.04 Å². The Morgan fingerprint density at radius 3 is 2.86 bits per heavy atom. The summed E-state index contributed by atoms with van der Waals surface area (Å²) in [6.07, 6.45) is 7.33. The minimum absolute atomic E-state index is 0.458. The molecule has 2 saturated carbocycles. The van der Waals surface area contributed by atoms with Gasteiger partial charge in [-0.3, -0.25) is 0 Å². The van der Waals surface area contributed by atoms with Gasteiger partial charge < -0.3 is 10.1 Å². The van der Waals surface area contributed by atoms with Crippen LogP contribution in [-0.2, 0) is 0 Å². The summed E-state index contributed by atoms with van der Waals surface area (Å²) < 4.78 is 5.34. The zero-order valence-electron chi connectivity index (χ0n) is 13.2. The second kappa shape index (κ2) is 5.41. The number of hydrogen-bond acceptors (Lipinski definition) is 4. The normalized spacial score (nSPS) is 28.0. The van der Waals surface area contributed by atoms with Crippen molar-refractivity contribution >= 4 is 16.7 Å². The lowest BCUT2D eigenvalue weighted by molar-refractivity contribution is 0.304. The maximum atomic E-state index is 5.34. The summed E-state index contributed by atoms with van der Waals surface area (Å²) in [5.41, 5.74) is 0.957. The lowest BCUT2D eigenvalue weighted by atomic mass is 9.84. The molecule has 1 aromatic carbocycles. The SMILES string of the molecule is COc1ccc2ncnc(NC(C)C3CC4CCC3C4)c2c1. The molecule has 4 rings (SSSR count). The van der Waals surface area contributed by atoms with Crippen LogP contribution in [0, 0.1) is 17.8 Å². The summed E-state index contributed by atoms with van der Waals surface area (Å²) in [6, 6.07) is 6.41.